The number of hydrogen-bond donors (Lipinski definition) is 1. The maximum atomic E-state index is 12.0. The number of rotatable bonds is 2. The van der Waals surface area contributed by atoms with Crippen molar-refractivity contribution in [2.24, 2.45) is 0 Å². The maximum absolute atomic E-state index is 12.0. The molecule has 1 saturated heterocycles. The summed E-state index contributed by atoms with van der Waals surface area (Å²) < 4.78 is 5.60. The van der Waals surface area contributed by atoms with E-state index < -0.39 is 0 Å². The molecule has 0 spiro atoms. The molecule has 0 unspecified atom stereocenters. The molecule has 1 aromatic carbocycles. The Morgan fingerprint density at radius 2 is 2.00 bits per heavy atom. The highest BCUT2D eigenvalue weighted by molar-refractivity contribution is 5.89. The van der Waals surface area contributed by atoms with Crippen molar-refractivity contribution in [3.8, 4) is 0 Å². The van der Waals surface area contributed by atoms with Gasteiger partial charge >= 0.3 is 5.97 Å². The molecule has 1 fully saturated rings. The van der Waals surface area contributed by atoms with Gasteiger partial charge in [0.15, 0.2) is 0 Å². The molecule has 98 valence electrons. The van der Waals surface area contributed by atoms with E-state index >= 15 is 0 Å². The Morgan fingerprint density at radius 1 is 1.33 bits per heavy atom. The van der Waals surface area contributed by atoms with Crippen LogP contribution in [0.4, 0.5) is 0 Å². The molecule has 1 heterocycles. The standard InChI is InChI=1S/C15H21NO2/c1-11-9-13(10-15(2,3)16-11)18-14(17)12-7-5-4-6-8-12/h4-8,11,13,16H,9-10H2,1-3H3/t11-,13+/m1/s1. The normalized spacial score (nSPS) is 26.6. The van der Waals surface area contributed by atoms with Crippen LogP contribution in [0.2, 0.25) is 0 Å². The predicted molar refractivity (Wildman–Crippen MR) is 71.6 cm³/mol. The second-order valence-electron chi connectivity index (χ2n) is 5.76. The number of hydrogen-bond acceptors (Lipinski definition) is 3. The van der Waals surface area contributed by atoms with E-state index in [1.165, 1.54) is 0 Å². The van der Waals surface area contributed by atoms with Gasteiger partial charge in [-0.25, -0.2) is 4.79 Å². The first-order chi connectivity index (χ1) is 8.46. The monoisotopic (exact) mass is 247 g/mol. The highest BCUT2D eigenvalue weighted by atomic mass is 16.5. The molecule has 1 aromatic rings. The fourth-order valence-corrected chi connectivity index (χ4v) is 2.72. The molecule has 0 aromatic heterocycles. The van der Waals surface area contributed by atoms with Gasteiger partial charge in [0.2, 0.25) is 0 Å². The fraction of sp³-hybridized carbons (Fsp3) is 0.533. The second kappa shape index (κ2) is 5.11. The summed E-state index contributed by atoms with van der Waals surface area (Å²) in [4.78, 5) is 12.0. The molecule has 0 radical (unpaired) electrons. The molecule has 0 saturated carbocycles. The lowest BCUT2D eigenvalue weighted by molar-refractivity contribution is 0.00587. The zero-order valence-electron chi connectivity index (χ0n) is 11.3. The van der Waals surface area contributed by atoms with Gasteiger partial charge in [-0.15, -0.1) is 0 Å². The van der Waals surface area contributed by atoms with E-state index in [4.69, 9.17) is 4.74 Å². The average molecular weight is 247 g/mol. The molecular weight excluding hydrogens is 226 g/mol. The van der Waals surface area contributed by atoms with Gasteiger partial charge in [-0.3, -0.25) is 0 Å². The van der Waals surface area contributed by atoms with Gasteiger partial charge in [-0.05, 0) is 39.3 Å². The minimum atomic E-state index is -0.217. The van der Waals surface area contributed by atoms with Gasteiger partial charge in [0.1, 0.15) is 6.10 Å². The molecule has 2 atom stereocenters. The topological polar surface area (TPSA) is 38.3 Å². The van der Waals surface area contributed by atoms with Crippen LogP contribution in [0.15, 0.2) is 30.3 Å². The largest absolute Gasteiger partial charge is 0.459 e. The van der Waals surface area contributed by atoms with E-state index in [2.05, 4.69) is 26.1 Å². The average Bonchev–Trinajstić information content (AvgIpc) is 2.27. The third-order valence-corrected chi connectivity index (χ3v) is 3.27. The van der Waals surface area contributed by atoms with Crippen LogP contribution in [0.1, 0.15) is 44.0 Å². The van der Waals surface area contributed by atoms with Crippen molar-refractivity contribution >= 4 is 5.97 Å². The van der Waals surface area contributed by atoms with Crippen molar-refractivity contribution < 1.29 is 9.53 Å². The number of carbonyl (C=O) groups excluding carboxylic acids is 1. The summed E-state index contributed by atoms with van der Waals surface area (Å²) in [6.45, 7) is 6.42. The van der Waals surface area contributed by atoms with E-state index in [1.807, 2.05) is 18.2 Å². The van der Waals surface area contributed by atoms with Crippen molar-refractivity contribution in [3.05, 3.63) is 35.9 Å². The van der Waals surface area contributed by atoms with Crippen molar-refractivity contribution in [1.29, 1.82) is 0 Å². The lowest BCUT2D eigenvalue weighted by Crippen LogP contribution is -2.53. The minimum absolute atomic E-state index is 0.00366. The molecule has 18 heavy (non-hydrogen) atoms. The highest BCUT2D eigenvalue weighted by Crippen LogP contribution is 2.25. The SMILES string of the molecule is C[C@@H]1C[C@H](OC(=O)c2ccccc2)CC(C)(C)N1. The number of nitrogens with one attached hydrogen (secondary N) is 1. The van der Waals surface area contributed by atoms with Gasteiger partial charge < -0.3 is 10.1 Å². The molecule has 0 aliphatic carbocycles. The Hall–Kier alpha value is -1.35. The second-order valence-corrected chi connectivity index (χ2v) is 5.76. The van der Waals surface area contributed by atoms with E-state index in [0.717, 1.165) is 12.8 Å². The number of carbonyl (C=O) groups is 1. The van der Waals surface area contributed by atoms with E-state index in [0.29, 0.717) is 11.6 Å². The number of esters is 1. The molecule has 1 aliphatic rings. The van der Waals surface area contributed by atoms with E-state index in [1.54, 1.807) is 12.1 Å². The molecular formula is C15H21NO2. The molecule has 0 amide bonds. The van der Waals surface area contributed by atoms with Gasteiger partial charge in [0.05, 0.1) is 5.56 Å². The molecule has 1 aliphatic heterocycles. The zero-order valence-corrected chi connectivity index (χ0v) is 11.3. The minimum Gasteiger partial charge on any atom is -0.459 e. The summed E-state index contributed by atoms with van der Waals surface area (Å²) in [6.07, 6.45) is 1.74. The van der Waals surface area contributed by atoms with Gasteiger partial charge in [0, 0.05) is 18.0 Å². The van der Waals surface area contributed by atoms with Crippen molar-refractivity contribution in [3.63, 3.8) is 0 Å². The van der Waals surface area contributed by atoms with Crippen LogP contribution < -0.4 is 5.32 Å². The highest BCUT2D eigenvalue weighted by Gasteiger charge is 2.33. The van der Waals surface area contributed by atoms with Gasteiger partial charge in [-0.1, -0.05) is 18.2 Å². The van der Waals surface area contributed by atoms with Crippen LogP contribution in [-0.4, -0.2) is 23.7 Å². The Kier molecular flexibility index (Phi) is 3.71. The van der Waals surface area contributed by atoms with Crippen LogP contribution in [0.5, 0.6) is 0 Å². The van der Waals surface area contributed by atoms with Crippen molar-refractivity contribution in [1.82, 2.24) is 5.32 Å². The number of ether oxygens (including phenoxy) is 1. The van der Waals surface area contributed by atoms with Crippen LogP contribution in [0, 0.1) is 0 Å². The van der Waals surface area contributed by atoms with Crippen LogP contribution in [0.3, 0.4) is 0 Å². The Balaban J connectivity index is 1.99. The fourth-order valence-electron chi connectivity index (χ4n) is 2.72. The molecule has 3 nitrogen and oxygen atoms in total. The molecule has 2 rings (SSSR count). The van der Waals surface area contributed by atoms with Crippen LogP contribution >= 0.6 is 0 Å². The lowest BCUT2D eigenvalue weighted by atomic mass is 9.87. The quantitative estimate of drug-likeness (QED) is 0.817. The molecule has 1 N–H and O–H groups in total. The summed E-state index contributed by atoms with van der Waals surface area (Å²) >= 11 is 0. The zero-order chi connectivity index (χ0) is 13.2. The third kappa shape index (κ3) is 3.33. The lowest BCUT2D eigenvalue weighted by Gasteiger charge is -2.39. The first-order valence-electron chi connectivity index (χ1n) is 6.50. The maximum Gasteiger partial charge on any atom is 0.338 e. The Bertz CT molecular complexity index is 414. The first-order valence-corrected chi connectivity index (χ1v) is 6.50. The van der Waals surface area contributed by atoms with Crippen molar-refractivity contribution in [2.75, 3.05) is 0 Å². The summed E-state index contributed by atoms with van der Waals surface area (Å²) in [5, 5.41) is 3.51. The van der Waals surface area contributed by atoms with Gasteiger partial charge in [0.25, 0.3) is 0 Å². The van der Waals surface area contributed by atoms with E-state index in [9.17, 15) is 4.79 Å². The summed E-state index contributed by atoms with van der Waals surface area (Å²) in [6, 6.07) is 9.56. The first kappa shape index (κ1) is 13.1. The van der Waals surface area contributed by atoms with Crippen LogP contribution in [0.25, 0.3) is 0 Å². The summed E-state index contributed by atoms with van der Waals surface area (Å²) in [7, 11) is 0. The predicted octanol–water partition coefficient (Wildman–Crippen LogP) is 2.76. The van der Waals surface area contributed by atoms with Gasteiger partial charge in [-0.2, -0.15) is 0 Å². The molecule has 0 bridgehead atoms. The van der Waals surface area contributed by atoms with E-state index in [-0.39, 0.29) is 17.6 Å². The number of piperidine rings is 1. The third-order valence-electron chi connectivity index (χ3n) is 3.27. The Morgan fingerprint density at radius 3 is 2.61 bits per heavy atom. The summed E-state index contributed by atoms with van der Waals surface area (Å²) in [5.74, 6) is -0.217. The number of benzene rings is 1. The smallest absolute Gasteiger partial charge is 0.338 e. The Labute approximate surface area is 109 Å². The van der Waals surface area contributed by atoms with Crippen molar-refractivity contribution in [2.45, 2.75) is 51.3 Å². The molecule has 3 heteroatoms. The van der Waals surface area contributed by atoms with Crippen LogP contribution in [-0.2, 0) is 4.74 Å². The summed E-state index contributed by atoms with van der Waals surface area (Å²) in [5.41, 5.74) is 0.653.